The number of hydrogen-bond acceptors (Lipinski definition) is 11. The number of aliphatic hydroxyl groups excluding tert-OH is 1. The van der Waals surface area contributed by atoms with Crippen LogP contribution in [0.2, 0.25) is 19.6 Å². The van der Waals surface area contributed by atoms with Crippen molar-refractivity contribution in [3.63, 3.8) is 0 Å². The van der Waals surface area contributed by atoms with Crippen molar-refractivity contribution in [1.29, 1.82) is 0 Å². The number of terminal acetylenes is 1. The zero-order valence-corrected chi connectivity index (χ0v) is 35.6. The summed E-state index contributed by atoms with van der Waals surface area (Å²) < 4.78 is 110. The van der Waals surface area contributed by atoms with E-state index in [1.807, 2.05) is 16.8 Å². The highest BCUT2D eigenvalue weighted by atomic mass is 32.2. The lowest BCUT2D eigenvalue weighted by atomic mass is 10.1. The van der Waals surface area contributed by atoms with E-state index in [2.05, 4.69) is 56.3 Å². The third kappa shape index (κ3) is 12.5. The van der Waals surface area contributed by atoms with Gasteiger partial charge in [-0.05, 0) is 67.2 Å². The molecule has 326 valence electrons. The molecule has 0 fully saturated rings. The van der Waals surface area contributed by atoms with Crippen molar-refractivity contribution in [2.24, 2.45) is 0 Å². The number of benzene rings is 2. The van der Waals surface area contributed by atoms with E-state index in [9.17, 15) is 40.0 Å². The molecule has 6 rings (SSSR count). The lowest BCUT2D eigenvalue weighted by Gasteiger charge is -2.13. The normalized spacial score (nSPS) is 11.3. The van der Waals surface area contributed by atoms with E-state index in [1.54, 1.807) is 18.3 Å². The fourth-order valence-electron chi connectivity index (χ4n) is 5.39. The zero-order valence-electron chi connectivity index (χ0n) is 33.8. The van der Waals surface area contributed by atoms with E-state index in [4.69, 9.17) is 20.7 Å². The lowest BCUT2D eigenvalue weighted by molar-refractivity contribution is -0.0500. The molecule has 0 bridgehead atoms. The number of ether oxygens (including phenoxy) is 2. The molecular formula is C42H39F5N4O9SSi. The number of carbonyl (C=O) groups excluding carboxylic acids is 2. The summed E-state index contributed by atoms with van der Waals surface area (Å²) in [5, 5.41) is 9.60. The van der Waals surface area contributed by atoms with Crippen LogP contribution in [0.25, 0.3) is 21.8 Å². The average Bonchev–Trinajstić information content (AvgIpc) is 3.84. The van der Waals surface area contributed by atoms with Crippen LogP contribution in [-0.2, 0) is 37.1 Å². The smallest absolute Gasteiger partial charge is 0.464 e. The average molecular weight is 899 g/mol. The maximum Gasteiger partial charge on any atom is 0.534 e. The van der Waals surface area contributed by atoms with Gasteiger partial charge in [-0.1, -0.05) is 42.0 Å². The minimum absolute atomic E-state index is 0.102. The molecule has 62 heavy (non-hydrogen) atoms. The first-order valence-electron chi connectivity index (χ1n) is 18.0. The van der Waals surface area contributed by atoms with Crippen LogP contribution in [0.15, 0.2) is 85.5 Å². The Morgan fingerprint density at radius 3 is 1.69 bits per heavy atom. The number of carbonyl (C=O) groups is 2. The number of pyridine rings is 2. The van der Waals surface area contributed by atoms with Crippen LogP contribution >= 0.6 is 0 Å². The standard InChI is InChI=1S/C19H15FN2O3.C17H12F4N2O5S.C6H12OSi/c1-25-19(24)18-16(3-2-10-23)15-8-9-22(17(15)11-21-18)12-13-4-6-14(20)7-5-13;1-27-16(24)14-15(28-29(25,26)17(19,20)21)12-6-7-23(13(12)8-22-14)9-10-2-4-11(18)5-3-10;1-5-6-7-8(2,3)4/h4-9,11,23H,10,12H2,1H3;2-8H,9H2,1H3;1H,6H2,2-4H3. The van der Waals surface area contributed by atoms with E-state index >= 15 is 0 Å². The van der Waals surface area contributed by atoms with Crippen LogP contribution in [0.1, 0.15) is 37.7 Å². The number of methoxy groups -OCH3 is 2. The van der Waals surface area contributed by atoms with E-state index in [-0.39, 0.29) is 35.6 Å². The number of esters is 2. The minimum atomic E-state index is -6.06. The first-order valence-corrected chi connectivity index (χ1v) is 22.8. The summed E-state index contributed by atoms with van der Waals surface area (Å²) in [5.41, 5.74) is -3.36. The third-order valence-electron chi connectivity index (χ3n) is 8.26. The maximum absolute atomic E-state index is 13.1. The van der Waals surface area contributed by atoms with E-state index in [0.29, 0.717) is 24.3 Å². The second-order valence-corrected chi connectivity index (χ2v) is 19.7. The van der Waals surface area contributed by atoms with Crippen molar-refractivity contribution >= 4 is 52.2 Å². The van der Waals surface area contributed by atoms with Crippen molar-refractivity contribution in [3.05, 3.63) is 125 Å². The first-order chi connectivity index (χ1) is 29.2. The molecule has 13 nitrogen and oxygen atoms in total. The molecule has 0 atom stereocenters. The number of hydrogen-bond donors (Lipinski definition) is 1. The Kier molecular flexibility index (Phi) is 16.1. The second kappa shape index (κ2) is 20.8. The number of rotatable bonds is 10. The highest BCUT2D eigenvalue weighted by Crippen LogP contribution is 2.35. The molecule has 4 aromatic heterocycles. The van der Waals surface area contributed by atoms with Crippen LogP contribution in [0, 0.1) is 35.8 Å². The SMILES string of the molecule is C#CCO[Si](C)(C)C.COC(=O)c1ncc2c(ccn2Cc2ccc(F)cc2)c1C#CCO.COC(=O)c1ncc2c(ccn2Cc2ccc(F)cc2)c1OS(=O)(=O)C(F)(F)F. The fourth-order valence-corrected chi connectivity index (χ4v) is 6.39. The summed E-state index contributed by atoms with van der Waals surface area (Å²) in [7, 11) is -5.15. The Bertz CT molecular complexity index is 2750. The highest BCUT2D eigenvalue weighted by Gasteiger charge is 2.49. The van der Waals surface area contributed by atoms with Crippen LogP contribution < -0.4 is 4.18 Å². The van der Waals surface area contributed by atoms with Crippen molar-refractivity contribution in [2.75, 3.05) is 27.4 Å². The predicted molar refractivity (Wildman–Crippen MR) is 221 cm³/mol. The molecule has 0 aliphatic rings. The fraction of sp³-hybridized carbons (Fsp3) is 0.238. The third-order valence-corrected chi connectivity index (χ3v) is 10.2. The number of fused-ring (bicyclic) bond motifs is 2. The molecule has 4 heterocycles. The minimum Gasteiger partial charge on any atom is -0.464 e. The Hall–Kier alpha value is -6.58. The number of alkyl halides is 3. The van der Waals surface area contributed by atoms with Gasteiger partial charge in [-0.3, -0.25) is 0 Å². The molecule has 1 N–H and O–H groups in total. The number of aromatic nitrogens is 4. The largest absolute Gasteiger partial charge is 0.534 e. The van der Waals surface area contributed by atoms with Crippen LogP contribution in [0.3, 0.4) is 0 Å². The van der Waals surface area contributed by atoms with Gasteiger partial charge in [0.1, 0.15) is 18.2 Å². The van der Waals surface area contributed by atoms with Crippen molar-refractivity contribution in [1.82, 2.24) is 19.1 Å². The highest BCUT2D eigenvalue weighted by molar-refractivity contribution is 7.88. The van der Waals surface area contributed by atoms with Crippen molar-refractivity contribution in [3.8, 4) is 29.9 Å². The quantitative estimate of drug-likeness (QED) is 0.0374. The van der Waals surface area contributed by atoms with Gasteiger partial charge in [-0.25, -0.2) is 28.3 Å². The molecule has 0 spiro atoms. The van der Waals surface area contributed by atoms with Gasteiger partial charge < -0.3 is 32.3 Å². The van der Waals surface area contributed by atoms with Gasteiger partial charge >= 0.3 is 27.6 Å². The number of halogens is 5. The van der Waals surface area contributed by atoms with Gasteiger partial charge in [0.25, 0.3) is 0 Å². The number of aliphatic hydroxyl groups is 1. The molecule has 0 aliphatic heterocycles. The molecule has 0 unspecified atom stereocenters. The van der Waals surface area contributed by atoms with Crippen molar-refractivity contribution < 1.29 is 63.1 Å². The predicted octanol–water partition coefficient (Wildman–Crippen LogP) is 7.06. The lowest BCUT2D eigenvalue weighted by Crippen LogP contribution is -2.29. The van der Waals surface area contributed by atoms with E-state index < -0.39 is 53.1 Å². The van der Waals surface area contributed by atoms with Gasteiger partial charge in [-0.2, -0.15) is 21.6 Å². The molecule has 0 saturated carbocycles. The maximum atomic E-state index is 13.1. The van der Waals surface area contributed by atoms with Gasteiger partial charge in [0.15, 0.2) is 25.5 Å². The molecule has 0 aliphatic carbocycles. The van der Waals surface area contributed by atoms with E-state index in [1.165, 1.54) is 60.3 Å². The Morgan fingerprint density at radius 1 is 0.790 bits per heavy atom. The second-order valence-electron chi connectivity index (χ2n) is 13.7. The van der Waals surface area contributed by atoms with E-state index in [0.717, 1.165) is 29.8 Å². The summed E-state index contributed by atoms with van der Waals surface area (Å²) in [5.74, 6) is 4.38. The molecule has 20 heteroatoms. The molecule has 6 aromatic rings. The summed E-state index contributed by atoms with van der Waals surface area (Å²) in [6, 6.07) is 14.8. The monoisotopic (exact) mass is 898 g/mol. The van der Waals surface area contributed by atoms with Gasteiger partial charge in [-0.15, -0.1) is 6.42 Å². The summed E-state index contributed by atoms with van der Waals surface area (Å²) in [6.07, 6.45) is 11.0. The molecule has 0 radical (unpaired) electrons. The van der Waals surface area contributed by atoms with Crippen LogP contribution in [0.5, 0.6) is 5.75 Å². The van der Waals surface area contributed by atoms with Gasteiger partial charge in [0.2, 0.25) is 0 Å². The number of nitrogens with zero attached hydrogens (tertiary/aromatic N) is 4. The molecule has 2 aromatic carbocycles. The Balaban J connectivity index is 0.000000234. The summed E-state index contributed by atoms with van der Waals surface area (Å²) in [4.78, 5) is 31.7. The van der Waals surface area contributed by atoms with Crippen LogP contribution in [-0.4, -0.2) is 85.8 Å². The van der Waals surface area contributed by atoms with Gasteiger partial charge in [0, 0.05) is 36.3 Å². The first kappa shape index (κ1) is 48.1. The molecular weight excluding hydrogens is 860 g/mol. The Morgan fingerprint density at radius 2 is 1.26 bits per heavy atom. The Labute approximate surface area is 354 Å². The molecule has 0 amide bonds. The molecule has 0 saturated heterocycles. The zero-order chi connectivity index (χ0) is 45.8. The van der Waals surface area contributed by atoms with Crippen molar-refractivity contribution in [2.45, 2.75) is 38.2 Å². The van der Waals surface area contributed by atoms with Crippen LogP contribution in [0.4, 0.5) is 22.0 Å². The topological polar surface area (TPSA) is 161 Å². The summed E-state index contributed by atoms with van der Waals surface area (Å²) >= 11 is 0. The van der Waals surface area contributed by atoms with Gasteiger partial charge in [0.05, 0.1) is 49.8 Å². The summed E-state index contributed by atoms with van der Waals surface area (Å²) in [6.45, 7) is 7.19.